The van der Waals surface area contributed by atoms with Crippen LogP contribution in [0.15, 0.2) is 24.3 Å². The van der Waals surface area contributed by atoms with E-state index in [0.717, 1.165) is 17.2 Å². The summed E-state index contributed by atoms with van der Waals surface area (Å²) in [5, 5.41) is 9.43. The maximum absolute atomic E-state index is 12.8. The van der Waals surface area contributed by atoms with Crippen molar-refractivity contribution in [1.29, 1.82) is 0 Å². The number of halogens is 1. The van der Waals surface area contributed by atoms with Gasteiger partial charge in [0.1, 0.15) is 11.6 Å². The minimum atomic E-state index is -1.02. The van der Waals surface area contributed by atoms with Crippen molar-refractivity contribution in [3.05, 3.63) is 46.5 Å². The molecule has 4 rings (SSSR count). The van der Waals surface area contributed by atoms with Crippen LogP contribution in [0.2, 0.25) is 5.02 Å². The Balaban J connectivity index is 1.53. The third kappa shape index (κ3) is 3.22. The van der Waals surface area contributed by atoms with Gasteiger partial charge in [-0.2, -0.15) is 0 Å². The van der Waals surface area contributed by atoms with Gasteiger partial charge in [-0.25, -0.2) is 0 Å². The van der Waals surface area contributed by atoms with Crippen molar-refractivity contribution in [2.45, 2.75) is 55.6 Å². The average molecular weight is 350 g/mol. The van der Waals surface area contributed by atoms with Gasteiger partial charge in [0.25, 0.3) is 0 Å². The first-order chi connectivity index (χ1) is 11.1. The van der Waals surface area contributed by atoms with E-state index in [-0.39, 0.29) is 5.25 Å². The SMILES string of the molecule is C[C@@H](c1ccc(Cl)cc1)[S@](=O)Cc1nnc(C2CC2)n1C1CC1. The quantitative estimate of drug-likeness (QED) is 0.786. The maximum atomic E-state index is 12.8. The molecule has 0 spiro atoms. The zero-order valence-corrected chi connectivity index (χ0v) is 14.7. The number of nitrogens with zero attached hydrogens (tertiary/aromatic N) is 3. The first-order valence-corrected chi connectivity index (χ1v) is 9.96. The third-order valence-corrected chi connectivity index (χ3v) is 6.51. The number of rotatable bonds is 6. The fourth-order valence-corrected chi connectivity index (χ4v) is 4.21. The summed E-state index contributed by atoms with van der Waals surface area (Å²) in [5.41, 5.74) is 1.05. The lowest BCUT2D eigenvalue weighted by molar-refractivity contribution is 0.648. The molecule has 0 radical (unpaired) electrons. The molecule has 2 aliphatic rings. The normalized spacial score (nSPS) is 20.4. The van der Waals surface area contributed by atoms with Gasteiger partial charge in [-0.15, -0.1) is 10.2 Å². The summed E-state index contributed by atoms with van der Waals surface area (Å²) in [7, 11) is -1.02. The molecule has 0 bridgehead atoms. The van der Waals surface area contributed by atoms with Gasteiger partial charge in [0.15, 0.2) is 0 Å². The minimum absolute atomic E-state index is 0.0407. The Hall–Kier alpha value is -1.20. The number of hydrogen-bond acceptors (Lipinski definition) is 3. The van der Waals surface area contributed by atoms with E-state index in [1.54, 1.807) is 0 Å². The Bertz CT molecular complexity index is 735. The van der Waals surface area contributed by atoms with Crippen LogP contribution in [0.25, 0.3) is 0 Å². The molecular weight excluding hydrogens is 330 g/mol. The molecule has 0 unspecified atom stereocenters. The molecule has 0 saturated heterocycles. The summed E-state index contributed by atoms with van der Waals surface area (Å²) in [6, 6.07) is 8.14. The smallest absolute Gasteiger partial charge is 0.145 e. The van der Waals surface area contributed by atoms with E-state index in [2.05, 4.69) is 14.8 Å². The van der Waals surface area contributed by atoms with Gasteiger partial charge < -0.3 is 4.57 Å². The van der Waals surface area contributed by atoms with E-state index in [9.17, 15) is 4.21 Å². The largest absolute Gasteiger partial charge is 0.311 e. The minimum Gasteiger partial charge on any atom is -0.311 e. The highest BCUT2D eigenvalue weighted by atomic mass is 35.5. The predicted molar refractivity (Wildman–Crippen MR) is 92.0 cm³/mol. The first-order valence-electron chi connectivity index (χ1n) is 8.20. The van der Waals surface area contributed by atoms with E-state index in [1.165, 1.54) is 25.7 Å². The molecule has 0 N–H and O–H groups in total. The molecule has 1 aromatic heterocycles. The second-order valence-corrected chi connectivity index (χ2v) is 8.76. The van der Waals surface area contributed by atoms with E-state index in [0.29, 0.717) is 22.7 Å². The number of aromatic nitrogens is 3. The number of hydrogen-bond donors (Lipinski definition) is 0. The fraction of sp³-hybridized carbons (Fsp3) is 0.529. The summed E-state index contributed by atoms with van der Waals surface area (Å²) in [5.74, 6) is 3.08. The predicted octanol–water partition coefficient (Wildman–Crippen LogP) is 4.15. The van der Waals surface area contributed by atoms with Gasteiger partial charge in [0.05, 0.1) is 11.0 Å². The summed E-state index contributed by atoms with van der Waals surface area (Å²) in [4.78, 5) is 0. The van der Waals surface area contributed by atoms with Crippen molar-refractivity contribution in [2.24, 2.45) is 0 Å². The van der Waals surface area contributed by atoms with Crippen LogP contribution >= 0.6 is 11.6 Å². The number of benzene rings is 1. The lowest BCUT2D eigenvalue weighted by Crippen LogP contribution is -2.11. The van der Waals surface area contributed by atoms with Gasteiger partial charge in [-0.1, -0.05) is 23.7 Å². The van der Waals surface area contributed by atoms with Crippen molar-refractivity contribution in [3.63, 3.8) is 0 Å². The monoisotopic (exact) mass is 349 g/mol. The zero-order chi connectivity index (χ0) is 16.0. The Kier molecular flexibility index (Phi) is 4.01. The highest BCUT2D eigenvalue weighted by molar-refractivity contribution is 7.84. The van der Waals surface area contributed by atoms with Crippen LogP contribution in [0.5, 0.6) is 0 Å². The van der Waals surface area contributed by atoms with Crippen molar-refractivity contribution in [1.82, 2.24) is 14.8 Å². The van der Waals surface area contributed by atoms with Crippen LogP contribution in [0, 0.1) is 0 Å². The van der Waals surface area contributed by atoms with Gasteiger partial charge >= 0.3 is 0 Å². The molecule has 6 heteroatoms. The second kappa shape index (κ2) is 6.02. The molecular formula is C17H20ClN3OS. The van der Waals surface area contributed by atoms with Crippen molar-refractivity contribution in [2.75, 3.05) is 0 Å². The Labute approximate surface area is 143 Å². The van der Waals surface area contributed by atoms with Crippen molar-refractivity contribution < 1.29 is 4.21 Å². The van der Waals surface area contributed by atoms with Crippen LogP contribution in [0.1, 0.15) is 67.0 Å². The van der Waals surface area contributed by atoms with Crippen molar-refractivity contribution in [3.8, 4) is 0 Å². The van der Waals surface area contributed by atoms with Gasteiger partial charge in [-0.05, 0) is 50.3 Å². The molecule has 2 fully saturated rings. The van der Waals surface area contributed by atoms with E-state index >= 15 is 0 Å². The molecule has 0 aliphatic heterocycles. The molecule has 2 saturated carbocycles. The zero-order valence-electron chi connectivity index (χ0n) is 13.1. The van der Waals surface area contributed by atoms with Gasteiger partial charge in [-0.3, -0.25) is 4.21 Å². The lowest BCUT2D eigenvalue weighted by atomic mass is 10.2. The summed E-state index contributed by atoms with van der Waals surface area (Å²) in [6.45, 7) is 2.00. The fourth-order valence-electron chi connectivity index (χ4n) is 2.92. The lowest BCUT2D eigenvalue weighted by Gasteiger charge is -2.13. The second-order valence-electron chi connectivity index (χ2n) is 6.57. The van der Waals surface area contributed by atoms with Crippen LogP contribution < -0.4 is 0 Å². The molecule has 2 atom stereocenters. The van der Waals surface area contributed by atoms with Crippen LogP contribution in [-0.4, -0.2) is 19.0 Å². The first kappa shape index (κ1) is 15.3. The molecule has 2 aliphatic carbocycles. The average Bonchev–Trinajstić information content (AvgIpc) is 3.46. The highest BCUT2D eigenvalue weighted by Crippen LogP contribution is 2.45. The summed E-state index contributed by atoms with van der Waals surface area (Å²) in [6.07, 6.45) is 4.83. The molecule has 4 nitrogen and oxygen atoms in total. The third-order valence-electron chi connectivity index (χ3n) is 4.65. The standard InChI is InChI=1S/C17H20ClN3OS/c1-11(12-4-6-14(18)7-5-12)23(22)10-16-19-20-17(13-2-3-13)21(16)15-8-9-15/h4-7,11,13,15H,2-3,8-10H2,1H3/t11-,23+/m0/s1. The molecule has 122 valence electrons. The molecule has 0 amide bonds. The van der Waals surface area contributed by atoms with Crippen LogP contribution in [-0.2, 0) is 16.6 Å². The van der Waals surface area contributed by atoms with Crippen LogP contribution in [0.4, 0.5) is 0 Å². The molecule has 1 heterocycles. The van der Waals surface area contributed by atoms with Gasteiger partial charge in [0.2, 0.25) is 0 Å². The van der Waals surface area contributed by atoms with E-state index in [4.69, 9.17) is 11.6 Å². The van der Waals surface area contributed by atoms with E-state index < -0.39 is 10.8 Å². The van der Waals surface area contributed by atoms with Gasteiger partial charge in [0, 0.05) is 27.8 Å². The topological polar surface area (TPSA) is 47.8 Å². The Morgan fingerprint density at radius 2 is 1.91 bits per heavy atom. The van der Waals surface area contributed by atoms with Crippen molar-refractivity contribution >= 4 is 22.4 Å². The molecule has 1 aromatic carbocycles. The van der Waals surface area contributed by atoms with E-state index in [1.807, 2.05) is 31.2 Å². The van der Waals surface area contributed by atoms with Crippen LogP contribution in [0.3, 0.4) is 0 Å². The highest BCUT2D eigenvalue weighted by Gasteiger charge is 2.36. The maximum Gasteiger partial charge on any atom is 0.145 e. The molecule has 23 heavy (non-hydrogen) atoms. The Morgan fingerprint density at radius 1 is 1.22 bits per heavy atom. The summed E-state index contributed by atoms with van der Waals surface area (Å²) < 4.78 is 15.1. The molecule has 2 aromatic rings. The Morgan fingerprint density at radius 3 is 2.52 bits per heavy atom. The summed E-state index contributed by atoms with van der Waals surface area (Å²) >= 11 is 5.93.